The first kappa shape index (κ1) is 14.9. The van der Waals surface area contributed by atoms with Crippen molar-refractivity contribution in [1.82, 2.24) is 0 Å². The Kier molecular flexibility index (Phi) is 12.2. The van der Waals surface area contributed by atoms with Crippen LogP contribution in [0.25, 0.3) is 0 Å². The van der Waals surface area contributed by atoms with E-state index in [2.05, 4.69) is 11.3 Å². The minimum atomic E-state index is -0.891. The Hall–Kier alpha value is -1.58. The maximum absolute atomic E-state index is 10.2. The summed E-state index contributed by atoms with van der Waals surface area (Å²) in [7, 11) is 0. The Labute approximate surface area is 83.9 Å². The fourth-order valence-corrected chi connectivity index (χ4v) is 0.404. The monoisotopic (exact) mass is 200 g/mol. The lowest BCUT2D eigenvalue weighted by molar-refractivity contribution is -0.137. The predicted molar refractivity (Wildman–Crippen MR) is 53.9 cm³/mol. The van der Waals surface area contributed by atoms with E-state index in [9.17, 15) is 9.59 Å². The third-order valence-corrected chi connectivity index (χ3v) is 0.924. The number of esters is 1. The van der Waals surface area contributed by atoms with Crippen molar-refractivity contribution in [2.75, 3.05) is 6.61 Å². The van der Waals surface area contributed by atoms with E-state index in [-0.39, 0.29) is 5.97 Å². The van der Waals surface area contributed by atoms with E-state index < -0.39 is 5.97 Å². The molecule has 0 aliphatic carbocycles. The molecule has 0 fully saturated rings. The first-order valence-electron chi connectivity index (χ1n) is 4.23. The van der Waals surface area contributed by atoms with Gasteiger partial charge in [-0.3, -0.25) is 0 Å². The molecular weight excluding hydrogens is 184 g/mol. The van der Waals surface area contributed by atoms with Gasteiger partial charge in [-0.05, 0) is 13.3 Å². The van der Waals surface area contributed by atoms with Crippen LogP contribution in [0, 0.1) is 0 Å². The molecule has 0 aromatic rings. The van der Waals surface area contributed by atoms with E-state index in [4.69, 9.17) is 5.11 Å². The number of carbonyl (C=O) groups is 2. The fraction of sp³-hybridized carbons (Fsp3) is 0.400. The van der Waals surface area contributed by atoms with Gasteiger partial charge in [-0.2, -0.15) is 0 Å². The Morgan fingerprint density at radius 3 is 2.29 bits per heavy atom. The number of hydrogen-bond donors (Lipinski definition) is 1. The van der Waals surface area contributed by atoms with Crippen LogP contribution in [0.2, 0.25) is 0 Å². The Balaban J connectivity index is 0. The van der Waals surface area contributed by atoms with Gasteiger partial charge in [-0.15, -0.1) is 0 Å². The lowest BCUT2D eigenvalue weighted by Crippen LogP contribution is -1.99. The van der Waals surface area contributed by atoms with Crippen LogP contribution in [0.15, 0.2) is 24.8 Å². The van der Waals surface area contributed by atoms with Crippen LogP contribution in [-0.2, 0) is 14.3 Å². The summed E-state index contributed by atoms with van der Waals surface area (Å²) in [5.41, 5.74) is 0. The number of hydrogen-bond acceptors (Lipinski definition) is 3. The average Bonchev–Trinajstić information content (AvgIpc) is 2.15. The predicted octanol–water partition coefficient (Wildman–Crippen LogP) is 1.77. The zero-order valence-corrected chi connectivity index (χ0v) is 8.53. The van der Waals surface area contributed by atoms with Gasteiger partial charge in [0.05, 0.1) is 6.61 Å². The zero-order chi connectivity index (χ0) is 11.4. The molecule has 14 heavy (non-hydrogen) atoms. The van der Waals surface area contributed by atoms with Crippen LogP contribution in [0.3, 0.4) is 0 Å². The second-order valence-electron chi connectivity index (χ2n) is 2.21. The van der Waals surface area contributed by atoms with Crippen molar-refractivity contribution in [2.45, 2.75) is 20.3 Å². The highest BCUT2D eigenvalue weighted by molar-refractivity contribution is 5.81. The number of ether oxygens (including phenoxy) is 1. The molecule has 0 aromatic carbocycles. The van der Waals surface area contributed by atoms with E-state index >= 15 is 0 Å². The van der Waals surface area contributed by atoms with Gasteiger partial charge in [0.1, 0.15) is 0 Å². The summed E-state index contributed by atoms with van der Waals surface area (Å²) in [4.78, 5) is 19.7. The van der Waals surface area contributed by atoms with Crippen molar-refractivity contribution in [2.24, 2.45) is 0 Å². The third kappa shape index (κ3) is 16.8. The largest absolute Gasteiger partial charge is 0.478 e. The summed E-state index contributed by atoms with van der Waals surface area (Å²) in [6.07, 6.45) is 4.58. The maximum atomic E-state index is 10.2. The second-order valence-corrected chi connectivity index (χ2v) is 2.21. The molecule has 0 heterocycles. The Bertz CT molecular complexity index is 206. The average molecular weight is 200 g/mol. The fourth-order valence-electron chi connectivity index (χ4n) is 0.404. The molecule has 0 aliphatic rings. The van der Waals surface area contributed by atoms with Crippen molar-refractivity contribution in [3.05, 3.63) is 24.8 Å². The van der Waals surface area contributed by atoms with Crippen LogP contribution >= 0.6 is 0 Å². The maximum Gasteiger partial charge on any atom is 0.330 e. The van der Waals surface area contributed by atoms with Gasteiger partial charge in [0.15, 0.2) is 0 Å². The van der Waals surface area contributed by atoms with Crippen LogP contribution in [0.1, 0.15) is 20.3 Å². The Morgan fingerprint density at radius 2 is 2.07 bits per heavy atom. The molecule has 0 unspecified atom stereocenters. The third-order valence-electron chi connectivity index (χ3n) is 0.924. The van der Waals surface area contributed by atoms with Crippen molar-refractivity contribution >= 4 is 11.9 Å². The van der Waals surface area contributed by atoms with Gasteiger partial charge >= 0.3 is 11.9 Å². The molecule has 0 aliphatic heterocycles. The first-order chi connectivity index (χ1) is 6.58. The molecule has 80 valence electrons. The number of rotatable bonds is 4. The molecular formula is C10H16O4. The minimum absolute atomic E-state index is 0.341. The van der Waals surface area contributed by atoms with E-state index in [1.807, 2.05) is 6.92 Å². The van der Waals surface area contributed by atoms with Gasteiger partial charge in [0.25, 0.3) is 0 Å². The van der Waals surface area contributed by atoms with Crippen molar-refractivity contribution in [3.8, 4) is 0 Å². The molecule has 0 aromatic heterocycles. The van der Waals surface area contributed by atoms with E-state index in [0.717, 1.165) is 18.6 Å². The van der Waals surface area contributed by atoms with E-state index in [0.29, 0.717) is 6.61 Å². The van der Waals surface area contributed by atoms with Gasteiger partial charge in [0, 0.05) is 12.2 Å². The number of carboxylic acid groups (broad SMARTS) is 1. The smallest absolute Gasteiger partial charge is 0.330 e. The van der Waals surface area contributed by atoms with Gasteiger partial charge in [-0.25, -0.2) is 9.59 Å². The van der Waals surface area contributed by atoms with Crippen LogP contribution in [0.4, 0.5) is 0 Å². The molecule has 4 nitrogen and oxygen atoms in total. The zero-order valence-electron chi connectivity index (χ0n) is 8.53. The number of carboxylic acids is 1. The summed E-state index contributed by atoms with van der Waals surface area (Å²) in [5, 5.41) is 7.83. The number of aliphatic carboxylic acids is 1. The van der Waals surface area contributed by atoms with Crippen molar-refractivity contribution < 1.29 is 19.4 Å². The van der Waals surface area contributed by atoms with Crippen molar-refractivity contribution in [3.63, 3.8) is 0 Å². The molecule has 0 saturated carbocycles. The molecule has 0 radical (unpaired) electrons. The molecule has 0 atom stereocenters. The molecule has 0 bridgehead atoms. The molecule has 0 rings (SSSR count). The van der Waals surface area contributed by atoms with Gasteiger partial charge in [0.2, 0.25) is 0 Å². The van der Waals surface area contributed by atoms with Crippen LogP contribution in [0.5, 0.6) is 0 Å². The van der Waals surface area contributed by atoms with Crippen LogP contribution < -0.4 is 0 Å². The highest BCUT2D eigenvalue weighted by atomic mass is 16.5. The molecule has 0 saturated heterocycles. The first-order valence-corrected chi connectivity index (χ1v) is 4.23. The lowest BCUT2D eigenvalue weighted by atomic mass is 10.5. The standard InChI is InChI=1S/C6H10O2.C4H6O2/c1-3-5-8-6(7)4-2;1-2-3-4(5)6/h4H,2-3,5H2,1H3;2-3H,1H3,(H,5,6)/b;3-2+. The normalized spacial score (nSPS) is 8.71. The molecule has 4 heteroatoms. The highest BCUT2D eigenvalue weighted by Gasteiger charge is 1.89. The summed E-state index contributed by atoms with van der Waals surface area (Å²) in [5.74, 6) is -1.23. The minimum Gasteiger partial charge on any atom is -0.478 e. The second kappa shape index (κ2) is 11.4. The molecule has 0 amide bonds. The van der Waals surface area contributed by atoms with E-state index in [1.54, 1.807) is 6.92 Å². The summed E-state index contributed by atoms with van der Waals surface area (Å²) in [6, 6.07) is 0. The quantitative estimate of drug-likeness (QED) is 0.555. The highest BCUT2D eigenvalue weighted by Crippen LogP contribution is 1.81. The Morgan fingerprint density at radius 1 is 1.50 bits per heavy atom. The summed E-state index contributed by atoms with van der Waals surface area (Å²) in [6.45, 7) is 7.33. The molecule has 1 N–H and O–H groups in total. The van der Waals surface area contributed by atoms with Gasteiger partial charge < -0.3 is 9.84 Å². The van der Waals surface area contributed by atoms with Crippen LogP contribution in [-0.4, -0.2) is 23.7 Å². The van der Waals surface area contributed by atoms with Gasteiger partial charge in [-0.1, -0.05) is 19.6 Å². The number of carbonyl (C=O) groups excluding carboxylic acids is 1. The van der Waals surface area contributed by atoms with Crippen molar-refractivity contribution in [1.29, 1.82) is 0 Å². The number of allylic oxidation sites excluding steroid dienone is 1. The summed E-state index contributed by atoms with van der Waals surface area (Å²) < 4.78 is 4.58. The lowest BCUT2D eigenvalue weighted by Gasteiger charge is -1.94. The summed E-state index contributed by atoms with van der Waals surface area (Å²) >= 11 is 0. The topological polar surface area (TPSA) is 63.6 Å². The SMILES string of the molecule is C/C=C/C(=O)O.C=CC(=O)OCCC. The molecule has 0 spiro atoms. The van der Waals surface area contributed by atoms with E-state index in [1.165, 1.54) is 6.08 Å².